The number of thiol groups is 1. The van der Waals surface area contributed by atoms with Gasteiger partial charge in [0.05, 0.1) is 5.75 Å². The van der Waals surface area contributed by atoms with E-state index in [1.165, 1.54) is 0 Å². The van der Waals surface area contributed by atoms with E-state index in [-0.39, 0.29) is 16.8 Å². The molecule has 0 bridgehead atoms. The van der Waals surface area contributed by atoms with E-state index in [9.17, 15) is 4.79 Å². The number of nitrogens with two attached hydrogens (primary N) is 1. The van der Waals surface area contributed by atoms with Gasteiger partial charge in [-0.3, -0.25) is 4.79 Å². The van der Waals surface area contributed by atoms with E-state index in [2.05, 4.69) is 0 Å². The Labute approximate surface area is 56.8 Å². The van der Waals surface area contributed by atoms with Gasteiger partial charge in [-0.2, -0.15) is 0 Å². The zero-order chi connectivity index (χ0) is 6.69. The number of hydrogen-bond acceptors (Lipinski definition) is 1. The molecule has 0 saturated heterocycles. The Morgan fingerprint density at radius 2 is 2.00 bits per heavy atom. The van der Waals surface area contributed by atoms with Crippen LogP contribution in [0.5, 0.6) is 0 Å². The zero-order valence-corrected chi connectivity index (χ0v) is 5.84. The van der Waals surface area contributed by atoms with Gasteiger partial charge < -0.3 is 5.73 Å². The molecular weight excluding hydrogens is 134 g/mol. The molecule has 0 spiro atoms. The van der Waals surface area contributed by atoms with Crippen molar-refractivity contribution in [2.45, 2.75) is 0 Å². The molecule has 1 rings (SSSR count). The van der Waals surface area contributed by atoms with Crippen molar-refractivity contribution in [1.29, 1.82) is 0 Å². The fourth-order valence-electron chi connectivity index (χ4n) is 0.656. The summed E-state index contributed by atoms with van der Waals surface area (Å²) in [5, 5.41) is 4.06. The quantitative estimate of drug-likeness (QED) is 0.543. The van der Waals surface area contributed by atoms with Crippen molar-refractivity contribution in [2.24, 2.45) is 5.73 Å². The number of hydrogen-bond donors (Lipinski definition) is 2. The Bertz CT molecular complexity index is 162. The molecule has 1 aliphatic rings. The van der Waals surface area contributed by atoms with Gasteiger partial charge in [0.1, 0.15) is 0 Å². The molecule has 0 aromatic rings. The summed E-state index contributed by atoms with van der Waals surface area (Å²) in [6.45, 7) is 0. The Morgan fingerprint density at radius 3 is 2.44 bits per heavy atom. The molecule has 3 heteroatoms. The summed E-state index contributed by atoms with van der Waals surface area (Å²) in [7, 11) is -0.320. The zero-order valence-electron chi connectivity index (χ0n) is 4.95. The summed E-state index contributed by atoms with van der Waals surface area (Å²) in [4.78, 5) is 10.3. The Kier molecular flexibility index (Phi) is 1.95. The summed E-state index contributed by atoms with van der Waals surface area (Å²) in [6.07, 6.45) is 3.91. The monoisotopic (exact) mass is 143 g/mol. The standard InChI is InChI=1S/C6H9NOS/c7-6(8)5-9-3-1-2-4-9/h1-4,9H,5H2,(H2,7,8). The van der Waals surface area contributed by atoms with Crippen LogP contribution in [0.4, 0.5) is 0 Å². The summed E-state index contributed by atoms with van der Waals surface area (Å²) in [5.41, 5.74) is 4.98. The Balaban J connectivity index is 2.37. The largest absolute Gasteiger partial charge is 0.369 e. The molecule has 50 valence electrons. The fraction of sp³-hybridized carbons (Fsp3) is 0.167. The molecule has 0 aromatic heterocycles. The minimum atomic E-state index is -0.320. The molecule has 0 atom stereocenters. The van der Waals surface area contributed by atoms with Crippen molar-refractivity contribution in [2.75, 3.05) is 5.75 Å². The molecule has 0 saturated carbocycles. The number of primary amides is 1. The maximum absolute atomic E-state index is 10.3. The molecule has 0 fully saturated rings. The van der Waals surface area contributed by atoms with Crippen LogP contribution in [0.2, 0.25) is 0 Å². The van der Waals surface area contributed by atoms with Crippen molar-refractivity contribution in [3.8, 4) is 0 Å². The van der Waals surface area contributed by atoms with Crippen LogP contribution in [0.3, 0.4) is 0 Å². The topological polar surface area (TPSA) is 43.1 Å². The molecule has 0 aromatic carbocycles. The van der Waals surface area contributed by atoms with Crippen LogP contribution in [0.25, 0.3) is 0 Å². The second kappa shape index (κ2) is 2.73. The minimum Gasteiger partial charge on any atom is -0.369 e. The van der Waals surface area contributed by atoms with Gasteiger partial charge in [0.25, 0.3) is 0 Å². The van der Waals surface area contributed by atoms with E-state index in [0.29, 0.717) is 5.75 Å². The van der Waals surface area contributed by atoms with Crippen LogP contribution in [0.1, 0.15) is 0 Å². The summed E-state index contributed by atoms with van der Waals surface area (Å²) in [6, 6.07) is 0. The average Bonchev–Trinajstić information content (AvgIpc) is 2.15. The maximum Gasteiger partial charge on any atom is 0.226 e. The lowest BCUT2D eigenvalue weighted by Gasteiger charge is -2.03. The highest BCUT2D eigenvalue weighted by Crippen LogP contribution is 2.31. The summed E-state index contributed by atoms with van der Waals surface area (Å²) in [5.74, 6) is 0.291. The lowest BCUT2D eigenvalue weighted by Crippen LogP contribution is -2.14. The van der Waals surface area contributed by atoms with Gasteiger partial charge in [-0.25, -0.2) is 10.9 Å². The number of carbonyl (C=O) groups excluding carboxylic acids is 1. The normalized spacial score (nSPS) is 18.9. The van der Waals surface area contributed by atoms with Crippen molar-refractivity contribution in [3.63, 3.8) is 0 Å². The first kappa shape index (κ1) is 6.42. The molecule has 9 heavy (non-hydrogen) atoms. The van der Waals surface area contributed by atoms with Crippen LogP contribution >= 0.6 is 10.9 Å². The van der Waals surface area contributed by atoms with E-state index < -0.39 is 0 Å². The smallest absolute Gasteiger partial charge is 0.226 e. The molecule has 0 unspecified atom stereocenters. The van der Waals surface area contributed by atoms with E-state index in [1.807, 2.05) is 23.0 Å². The van der Waals surface area contributed by atoms with Crippen molar-refractivity contribution < 1.29 is 4.79 Å². The molecule has 1 amide bonds. The number of amides is 1. The second-order valence-electron chi connectivity index (χ2n) is 1.82. The van der Waals surface area contributed by atoms with Crippen LogP contribution < -0.4 is 5.73 Å². The van der Waals surface area contributed by atoms with E-state index >= 15 is 0 Å². The van der Waals surface area contributed by atoms with Crippen LogP contribution in [-0.2, 0) is 4.79 Å². The Hall–Kier alpha value is -0.700. The van der Waals surface area contributed by atoms with Gasteiger partial charge in [-0.05, 0) is 10.8 Å². The molecule has 0 aliphatic carbocycles. The van der Waals surface area contributed by atoms with Crippen LogP contribution in [0, 0.1) is 0 Å². The predicted molar refractivity (Wildman–Crippen MR) is 41.3 cm³/mol. The van der Waals surface area contributed by atoms with Gasteiger partial charge in [0, 0.05) is 0 Å². The number of rotatable bonds is 2. The van der Waals surface area contributed by atoms with E-state index in [4.69, 9.17) is 5.73 Å². The lowest BCUT2D eigenvalue weighted by atomic mass is 10.6. The van der Waals surface area contributed by atoms with Gasteiger partial charge in [0.2, 0.25) is 5.91 Å². The summed E-state index contributed by atoms with van der Waals surface area (Å²) < 4.78 is 0. The third-order valence-electron chi connectivity index (χ3n) is 1.00. The van der Waals surface area contributed by atoms with Crippen molar-refractivity contribution in [3.05, 3.63) is 23.0 Å². The van der Waals surface area contributed by atoms with Gasteiger partial charge in [-0.15, -0.1) is 0 Å². The van der Waals surface area contributed by atoms with Gasteiger partial charge >= 0.3 is 0 Å². The highest BCUT2D eigenvalue weighted by molar-refractivity contribution is 8.22. The molecule has 0 radical (unpaired) electrons. The first-order chi connectivity index (χ1) is 4.29. The lowest BCUT2D eigenvalue weighted by molar-refractivity contribution is -0.115. The highest BCUT2D eigenvalue weighted by Gasteiger charge is 2.01. The van der Waals surface area contributed by atoms with Crippen molar-refractivity contribution >= 4 is 16.8 Å². The minimum absolute atomic E-state index is 0.211. The van der Waals surface area contributed by atoms with E-state index in [0.717, 1.165) is 0 Å². The van der Waals surface area contributed by atoms with Crippen molar-refractivity contribution in [1.82, 2.24) is 0 Å². The predicted octanol–water partition coefficient (Wildman–Crippen LogP) is 0.514. The van der Waals surface area contributed by atoms with Crippen LogP contribution in [0.15, 0.2) is 23.0 Å². The molecule has 1 aliphatic heterocycles. The Morgan fingerprint density at radius 1 is 1.44 bits per heavy atom. The third-order valence-corrected chi connectivity index (χ3v) is 2.79. The average molecular weight is 143 g/mol. The van der Waals surface area contributed by atoms with E-state index in [1.54, 1.807) is 0 Å². The molecule has 1 heterocycles. The van der Waals surface area contributed by atoms with Gasteiger partial charge in [0.15, 0.2) is 0 Å². The SMILES string of the molecule is NC(=O)C[SH]1C=CC=C1. The first-order valence-corrected chi connectivity index (χ1v) is 4.34. The maximum atomic E-state index is 10.3. The number of carbonyl (C=O) groups is 1. The first-order valence-electron chi connectivity index (χ1n) is 2.68. The van der Waals surface area contributed by atoms with Crippen LogP contribution in [-0.4, -0.2) is 11.7 Å². The second-order valence-corrected chi connectivity index (χ2v) is 3.76. The highest BCUT2D eigenvalue weighted by atomic mass is 32.2. The fourth-order valence-corrected chi connectivity index (χ4v) is 1.97. The summed E-state index contributed by atoms with van der Waals surface area (Å²) >= 11 is 0. The molecular formula is C6H9NOS. The van der Waals surface area contributed by atoms with Gasteiger partial charge in [-0.1, -0.05) is 12.2 Å². The molecule has 2 nitrogen and oxygen atoms in total. The number of allylic oxidation sites excluding steroid dienone is 2. The third kappa shape index (κ3) is 1.93. The molecule has 2 N–H and O–H groups in total.